The van der Waals surface area contributed by atoms with E-state index < -0.39 is 77.4 Å². The number of esters is 5. The van der Waals surface area contributed by atoms with E-state index in [4.69, 9.17) is 23.7 Å². The summed E-state index contributed by atoms with van der Waals surface area (Å²) in [5.41, 5.74) is 1.61. The van der Waals surface area contributed by atoms with Crippen molar-refractivity contribution < 1.29 is 56.1 Å². The zero-order valence-corrected chi connectivity index (χ0v) is 26.4. The van der Waals surface area contributed by atoms with Crippen molar-refractivity contribution in [1.29, 1.82) is 0 Å². The summed E-state index contributed by atoms with van der Waals surface area (Å²) in [6, 6.07) is 13.4. The summed E-state index contributed by atoms with van der Waals surface area (Å²) < 4.78 is 55.6. The second kappa shape index (κ2) is 16.1. The maximum atomic E-state index is 13.2. The first-order valence-corrected chi connectivity index (χ1v) is 15.0. The van der Waals surface area contributed by atoms with Crippen LogP contribution in [-0.2, 0) is 57.7 Å². The molecule has 0 saturated carbocycles. The number of ether oxygens (including phenoxy) is 5. The fraction of sp³-hybridized carbons (Fsp3) is 0.393. The standard InChI is InChI=1S/C28H32BrNO12S/c1-16(31)38-15-26(40-18(3)33)28(42-20(5)35)27(41-19(4)34)25(39-17(2)32)14-30-43(36,37)24-12-8-22(9-13-24)21-6-10-23(29)11-7-21/h6-13,25-28,30H,14-15H2,1-5H3/t25-,26+,27+,28+/m0/s1. The van der Waals surface area contributed by atoms with E-state index in [1.54, 1.807) is 12.1 Å². The highest BCUT2D eigenvalue weighted by Crippen LogP contribution is 2.24. The molecule has 0 spiro atoms. The van der Waals surface area contributed by atoms with Crippen LogP contribution in [0.15, 0.2) is 57.9 Å². The minimum absolute atomic E-state index is 0.122. The van der Waals surface area contributed by atoms with Crippen molar-refractivity contribution in [3.63, 3.8) is 0 Å². The Morgan fingerprint density at radius 3 is 1.51 bits per heavy atom. The summed E-state index contributed by atoms with van der Waals surface area (Å²) in [4.78, 5) is 59.3. The van der Waals surface area contributed by atoms with Crippen molar-refractivity contribution >= 4 is 55.8 Å². The molecular weight excluding hydrogens is 654 g/mol. The molecule has 15 heteroatoms. The first-order valence-electron chi connectivity index (χ1n) is 12.8. The van der Waals surface area contributed by atoms with Crippen LogP contribution in [0.1, 0.15) is 34.6 Å². The van der Waals surface area contributed by atoms with Gasteiger partial charge in [-0.2, -0.15) is 0 Å². The highest BCUT2D eigenvalue weighted by molar-refractivity contribution is 9.10. The fourth-order valence-electron chi connectivity index (χ4n) is 3.88. The lowest BCUT2D eigenvalue weighted by molar-refractivity contribution is -0.202. The number of rotatable bonds is 14. The maximum absolute atomic E-state index is 13.2. The summed E-state index contributed by atoms with van der Waals surface area (Å²) in [6.07, 6.45) is -6.54. The number of carbonyl (C=O) groups is 5. The summed E-state index contributed by atoms with van der Waals surface area (Å²) in [6.45, 7) is 3.86. The minimum atomic E-state index is -4.22. The number of hydrogen-bond acceptors (Lipinski definition) is 12. The predicted octanol–water partition coefficient (Wildman–Crippen LogP) is 2.68. The van der Waals surface area contributed by atoms with Gasteiger partial charge in [0.15, 0.2) is 24.4 Å². The third-order valence-electron chi connectivity index (χ3n) is 5.56. The molecule has 0 aliphatic carbocycles. The summed E-state index contributed by atoms with van der Waals surface area (Å²) >= 11 is 3.36. The first kappa shape index (κ1) is 35.4. The van der Waals surface area contributed by atoms with E-state index in [0.717, 1.165) is 50.2 Å². The van der Waals surface area contributed by atoms with E-state index in [1.165, 1.54) is 12.1 Å². The molecule has 2 aromatic rings. The molecule has 4 atom stereocenters. The topological polar surface area (TPSA) is 178 Å². The summed E-state index contributed by atoms with van der Waals surface area (Å²) in [5.74, 6) is -4.38. The average molecular weight is 687 g/mol. The SMILES string of the molecule is CC(=O)OC[C@@H](OC(C)=O)[C@@H](OC(C)=O)[C@H](OC(C)=O)[C@H](CNS(=O)(=O)c1ccc(-c2ccc(Br)cc2)cc1)OC(C)=O. The van der Waals surface area contributed by atoms with Gasteiger partial charge in [-0.1, -0.05) is 40.2 Å². The molecule has 0 unspecified atom stereocenters. The van der Waals surface area contributed by atoms with Crippen molar-refractivity contribution in [3.05, 3.63) is 53.0 Å². The van der Waals surface area contributed by atoms with E-state index in [0.29, 0.717) is 0 Å². The smallest absolute Gasteiger partial charge is 0.303 e. The van der Waals surface area contributed by atoms with Crippen LogP contribution in [0.25, 0.3) is 11.1 Å². The third kappa shape index (κ3) is 11.8. The van der Waals surface area contributed by atoms with E-state index in [2.05, 4.69) is 20.7 Å². The van der Waals surface area contributed by atoms with Gasteiger partial charge in [-0.25, -0.2) is 13.1 Å². The first-order chi connectivity index (χ1) is 20.1. The van der Waals surface area contributed by atoms with Crippen LogP contribution in [0.5, 0.6) is 0 Å². The third-order valence-corrected chi connectivity index (χ3v) is 7.53. The average Bonchev–Trinajstić information content (AvgIpc) is 2.91. The lowest BCUT2D eigenvalue weighted by atomic mass is 10.0. The Bertz CT molecular complexity index is 1410. The molecule has 0 amide bonds. The van der Waals surface area contributed by atoms with Gasteiger partial charge < -0.3 is 23.7 Å². The quantitative estimate of drug-likeness (QED) is 0.227. The van der Waals surface area contributed by atoms with Crippen LogP contribution in [0.3, 0.4) is 0 Å². The van der Waals surface area contributed by atoms with E-state index >= 15 is 0 Å². The minimum Gasteiger partial charge on any atom is -0.462 e. The van der Waals surface area contributed by atoms with Crippen LogP contribution in [0, 0.1) is 0 Å². The van der Waals surface area contributed by atoms with Crippen molar-refractivity contribution in [2.45, 2.75) is 63.9 Å². The van der Waals surface area contributed by atoms with Crippen LogP contribution in [-0.4, -0.2) is 75.8 Å². The van der Waals surface area contributed by atoms with E-state index in [9.17, 15) is 32.4 Å². The van der Waals surface area contributed by atoms with Crippen molar-refractivity contribution in [2.75, 3.05) is 13.2 Å². The Hall–Kier alpha value is -3.82. The van der Waals surface area contributed by atoms with Crippen LogP contribution < -0.4 is 4.72 Å². The molecule has 234 valence electrons. The molecule has 2 aromatic carbocycles. The molecule has 0 aliphatic heterocycles. The number of hydrogen-bond donors (Lipinski definition) is 1. The lowest BCUT2D eigenvalue weighted by Gasteiger charge is -2.35. The lowest BCUT2D eigenvalue weighted by Crippen LogP contribution is -2.55. The fourth-order valence-corrected chi connectivity index (χ4v) is 5.19. The molecular formula is C28H32BrNO12S. The predicted molar refractivity (Wildman–Crippen MR) is 154 cm³/mol. The highest BCUT2D eigenvalue weighted by Gasteiger charge is 2.44. The van der Waals surface area contributed by atoms with Gasteiger partial charge in [0.1, 0.15) is 6.61 Å². The molecule has 1 N–H and O–H groups in total. The number of carbonyl (C=O) groups excluding carboxylic acids is 5. The van der Waals surface area contributed by atoms with Crippen molar-refractivity contribution in [3.8, 4) is 11.1 Å². The molecule has 0 heterocycles. The number of sulfonamides is 1. The Morgan fingerprint density at radius 2 is 1.07 bits per heavy atom. The summed E-state index contributed by atoms with van der Waals surface area (Å²) in [7, 11) is -4.22. The van der Waals surface area contributed by atoms with E-state index in [-0.39, 0.29) is 4.90 Å². The second-order valence-electron chi connectivity index (χ2n) is 9.13. The Morgan fingerprint density at radius 1 is 0.651 bits per heavy atom. The molecule has 13 nitrogen and oxygen atoms in total. The molecule has 0 radical (unpaired) electrons. The Kier molecular flexibility index (Phi) is 13.3. The Balaban J connectivity index is 2.43. The van der Waals surface area contributed by atoms with E-state index in [1.807, 2.05) is 24.3 Å². The van der Waals surface area contributed by atoms with Crippen molar-refractivity contribution in [2.24, 2.45) is 0 Å². The monoisotopic (exact) mass is 685 g/mol. The largest absolute Gasteiger partial charge is 0.462 e. The molecule has 0 bridgehead atoms. The van der Waals surface area contributed by atoms with Gasteiger partial charge in [0.2, 0.25) is 10.0 Å². The van der Waals surface area contributed by atoms with Gasteiger partial charge >= 0.3 is 29.8 Å². The van der Waals surface area contributed by atoms with Gasteiger partial charge in [-0.15, -0.1) is 0 Å². The maximum Gasteiger partial charge on any atom is 0.303 e. The molecule has 2 rings (SSSR count). The second-order valence-corrected chi connectivity index (χ2v) is 11.8. The Labute approximate surface area is 257 Å². The molecule has 43 heavy (non-hydrogen) atoms. The van der Waals surface area contributed by atoms with Crippen LogP contribution in [0.2, 0.25) is 0 Å². The molecule has 0 aliphatic rings. The summed E-state index contributed by atoms with van der Waals surface area (Å²) in [5, 5.41) is 0. The normalized spacial score (nSPS) is 13.9. The van der Waals surface area contributed by atoms with Gasteiger partial charge in [-0.3, -0.25) is 24.0 Å². The zero-order valence-electron chi connectivity index (χ0n) is 24.0. The van der Waals surface area contributed by atoms with Gasteiger partial charge in [0, 0.05) is 39.1 Å². The molecule has 0 saturated heterocycles. The molecule has 0 fully saturated rings. The zero-order chi connectivity index (χ0) is 32.3. The van der Waals surface area contributed by atoms with Crippen LogP contribution in [0.4, 0.5) is 0 Å². The number of nitrogens with one attached hydrogen (secondary N) is 1. The van der Waals surface area contributed by atoms with Gasteiger partial charge in [-0.05, 0) is 35.4 Å². The van der Waals surface area contributed by atoms with Crippen LogP contribution >= 0.6 is 15.9 Å². The number of benzene rings is 2. The van der Waals surface area contributed by atoms with Gasteiger partial charge in [0.25, 0.3) is 0 Å². The number of halogens is 1. The van der Waals surface area contributed by atoms with Crippen molar-refractivity contribution in [1.82, 2.24) is 4.72 Å². The van der Waals surface area contributed by atoms with Gasteiger partial charge in [0.05, 0.1) is 11.4 Å². The highest BCUT2D eigenvalue weighted by atomic mass is 79.9. The molecule has 0 aromatic heterocycles.